The van der Waals surface area contributed by atoms with Crippen molar-refractivity contribution >= 4 is 41.0 Å². The maximum Gasteiger partial charge on any atom is 0.322 e. The smallest absolute Gasteiger partial charge is 0.322 e. The summed E-state index contributed by atoms with van der Waals surface area (Å²) in [6.45, 7) is 2.90. The fourth-order valence-corrected chi connectivity index (χ4v) is 4.68. The van der Waals surface area contributed by atoms with Crippen molar-refractivity contribution in [3.63, 3.8) is 0 Å². The van der Waals surface area contributed by atoms with Crippen LogP contribution in [0.4, 0.5) is 9.18 Å². The Morgan fingerprint density at radius 1 is 1.18 bits per heavy atom. The zero-order chi connectivity index (χ0) is 24.4. The molecule has 0 spiro atoms. The third-order valence-corrected chi connectivity index (χ3v) is 6.46. The van der Waals surface area contributed by atoms with E-state index in [-0.39, 0.29) is 49.7 Å². The number of hydrogen-bond acceptors (Lipinski definition) is 3. The van der Waals surface area contributed by atoms with Crippen molar-refractivity contribution in [2.75, 3.05) is 19.6 Å². The number of halogens is 3. The molecule has 4 rings (SSSR count). The molecule has 0 aromatic heterocycles. The number of rotatable bonds is 7. The van der Waals surface area contributed by atoms with E-state index in [0.717, 1.165) is 5.56 Å². The third kappa shape index (κ3) is 4.88. The first-order valence-electron chi connectivity index (χ1n) is 10.8. The minimum absolute atomic E-state index is 0.0906. The number of hydrogen-bond donors (Lipinski definition) is 2. The van der Waals surface area contributed by atoms with Gasteiger partial charge in [0.15, 0.2) is 0 Å². The SMILES string of the molecule is CCN1C(=O)NC(c2ccc(Cl)cc2Cl)C2=C1CN(CCC(=O)NCc1ccc(F)cc1)C2=O. The molecular weight excluding hydrogens is 482 g/mol. The number of amides is 4. The van der Waals surface area contributed by atoms with Crippen molar-refractivity contribution in [2.24, 2.45) is 0 Å². The minimum atomic E-state index is -0.708. The molecule has 0 fully saturated rings. The molecule has 1 unspecified atom stereocenters. The molecule has 7 nitrogen and oxygen atoms in total. The average Bonchev–Trinajstić information content (AvgIpc) is 3.13. The van der Waals surface area contributed by atoms with Gasteiger partial charge in [-0.15, -0.1) is 0 Å². The summed E-state index contributed by atoms with van der Waals surface area (Å²) < 4.78 is 13.0. The quantitative estimate of drug-likeness (QED) is 0.597. The number of urea groups is 1. The summed E-state index contributed by atoms with van der Waals surface area (Å²) in [5.74, 6) is -0.831. The van der Waals surface area contributed by atoms with Gasteiger partial charge in [-0.1, -0.05) is 41.4 Å². The van der Waals surface area contributed by atoms with Crippen LogP contribution < -0.4 is 10.6 Å². The van der Waals surface area contributed by atoms with Gasteiger partial charge in [0.2, 0.25) is 5.91 Å². The van der Waals surface area contributed by atoms with Crippen molar-refractivity contribution < 1.29 is 18.8 Å². The summed E-state index contributed by atoms with van der Waals surface area (Å²) in [5.41, 5.74) is 2.40. The first kappa shape index (κ1) is 24.0. The first-order chi connectivity index (χ1) is 16.3. The highest BCUT2D eigenvalue weighted by atomic mass is 35.5. The zero-order valence-corrected chi connectivity index (χ0v) is 19.9. The van der Waals surface area contributed by atoms with Crippen molar-refractivity contribution in [3.8, 4) is 0 Å². The van der Waals surface area contributed by atoms with Gasteiger partial charge in [0.1, 0.15) is 5.82 Å². The molecule has 34 heavy (non-hydrogen) atoms. The summed E-state index contributed by atoms with van der Waals surface area (Å²) in [5, 5.41) is 6.44. The van der Waals surface area contributed by atoms with Crippen LogP contribution in [0.5, 0.6) is 0 Å². The molecule has 2 aromatic carbocycles. The van der Waals surface area contributed by atoms with Crippen LogP contribution in [0.2, 0.25) is 10.0 Å². The maximum atomic E-state index is 13.3. The van der Waals surface area contributed by atoms with Crippen molar-refractivity contribution in [3.05, 3.63) is 80.7 Å². The van der Waals surface area contributed by atoms with Crippen molar-refractivity contribution in [2.45, 2.75) is 25.9 Å². The number of nitrogens with one attached hydrogen (secondary N) is 2. The van der Waals surface area contributed by atoms with Gasteiger partial charge in [0.25, 0.3) is 5.91 Å². The van der Waals surface area contributed by atoms with Crippen molar-refractivity contribution in [1.29, 1.82) is 0 Å². The lowest BCUT2D eigenvalue weighted by molar-refractivity contribution is -0.127. The van der Waals surface area contributed by atoms with Gasteiger partial charge < -0.3 is 15.5 Å². The van der Waals surface area contributed by atoms with E-state index in [9.17, 15) is 18.8 Å². The number of benzene rings is 2. The molecule has 0 saturated heterocycles. The fourth-order valence-electron chi connectivity index (χ4n) is 4.16. The number of nitrogens with zero attached hydrogens (tertiary/aromatic N) is 2. The Balaban J connectivity index is 1.46. The van der Waals surface area contributed by atoms with Crippen LogP contribution in [0.3, 0.4) is 0 Å². The Bertz CT molecular complexity index is 1170. The van der Waals surface area contributed by atoms with Crippen molar-refractivity contribution in [1.82, 2.24) is 20.4 Å². The van der Waals surface area contributed by atoms with E-state index in [4.69, 9.17) is 23.2 Å². The highest BCUT2D eigenvalue weighted by molar-refractivity contribution is 6.35. The summed E-state index contributed by atoms with van der Waals surface area (Å²) in [7, 11) is 0. The molecular formula is C24H23Cl2FN4O3. The second-order valence-corrected chi connectivity index (χ2v) is 8.88. The number of carbonyl (C=O) groups excluding carboxylic acids is 3. The minimum Gasteiger partial charge on any atom is -0.352 e. The molecule has 1 atom stereocenters. The Hall–Kier alpha value is -3.10. The predicted octanol–water partition coefficient (Wildman–Crippen LogP) is 4.02. The zero-order valence-electron chi connectivity index (χ0n) is 18.4. The van der Waals surface area contributed by atoms with Gasteiger partial charge in [-0.3, -0.25) is 14.5 Å². The second-order valence-electron chi connectivity index (χ2n) is 8.03. The van der Waals surface area contributed by atoms with E-state index >= 15 is 0 Å². The van der Waals surface area contributed by atoms with E-state index in [1.165, 1.54) is 17.0 Å². The van der Waals surface area contributed by atoms with Gasteiger partial charge in [-0.25, -0.2) is 9.18 Å². The van der Waals surface area contributed by atoms with Crippen LogP contribution in [0.15, 0.2) is 53.7 Å². The third-order valence-electron chi connectivity index (χ3n) is 5.90. The van der Waals surface area contributed by atoms with Gasteiger partial charge in [0, 0.05) is 36.1 Å². The second kappa shape index (κ2) is 10.0. The van der Waals surface area contributed by atoms with E-state index in [2.05, 4.69) is 10.6 Å². The number of carbonyl (C=O) groups is 3. The highest BCUT2D eigenvalue weighted by Crippen LogP contribution is 2.39. The van der Waals surface area contributed by atoms with Gasteiger partial charge in [-0.05, 0) is 42.3 Å². The average molecular weight is 505 g/mol. The Morgan fingerprint density at radius 3 is 2.59 bits per heavy atom. The van der Waals surface area contributed by atoms with Gasteiger partial charge >= 0.3 is 6.03 Å². The molecule has 0 bridgehead atoms. The molecule has 2 aliphatic rings. The lowest BCUT2D eigenvalue weighted by Gasteiger charge is -2.33. The molecule has 4 amide bonds. The Morgan fingerprint density at radius 2 is 1.91 bits per heavy atom. The lowest BCUT2D eigenvalue weighted by Crippen LogP contribution is -2.47. The van der Waals surface area contributed by atoms with Crippen LogP contribution in [-0.4, -0.2) is 47.3 Å². The fraction of sp³-hybridized carbons (Fsp3) is 0.292. The molecule has 2 aromatic rings. The van der Waals surface area contributed by atoms with Crippen LogP contribution in [0.1, 0.15) is 30.5 Å². The van der Waals surface area contributed by atoms with Gasteiger partial charge in [-0.2, -0.15) is 0 Å². The standard InChI is InChI=1S/C24H23Cl2FN4O3/c1-2-31-19-13-30(10-9-20(32)28-12-14-3-6-16(27)7-4-14)23(33)21(19)22(29-24(31)34)17-8-5-15(25)11-18(17)26/h3-8,11,22H,2,9-10,12-13H2,1H3,(H,28,32)(H,29,34). The molecule has 2 aliphatic heterocycles. The predicted molar refractivity (Wildman–Crippen MR) is 127 cm³/mol. The highest BCUT2D eigenvalue weighted by Gasteiger charge is 2.44. The Labute approximate surface area is 206 Å². The number of likely N-dealkylation sites (N-methyl/N-ethyl adjacent to an activating group) is 1. The molecule has 2 N–H and O–H groups in total. The largest absolute Gasteiger partial charge is 0.352 e. The van der Waals surface area contributed by atoms with E-state index in [1.54, 1.807) is 35.2 Å². The molecule has 0 saturated carbocycles. The maximum absolute atomic E-state index is 13.3. The van der Waals surface area contributed by atoms with Crippen LogP contribution in [-0.2, 0) is 16.1 Å². The van der Waals surface area contributed by atoms with Crippen LogP contribution in [0.25, 0.3) is 0 Å². The Kier molecular flexibility index (Phi) is 7.09. The normalized spacial score (nSPS) is 17.7. The monoisotopic (exact) mass is 504 g/mol. The molecule has 10 heteroatoms. The first-order valence-corrected chi connectivity index (χ1v) is 11.6. The topological polar surface area (TPSA) is 81.8 Å². The summed E-state index contributed by atoms with van der Waals surface area (Å²) in [6.07, 6.45) is 0.0906. The molecule has 178 valence electrons. The van der Waals surface area contributed by atoms with E-state index in [1.807, 2.05) is 6.92 Å². The molecule has 0 radical (unpaired) electrons. The van der Waals surface area contributed by atoms with Crippen LogP contribution in [0, 0.1) is 5.82 Å². The summed E-state index contributed by atoms with van der Waals surface area (Å²) in [4.78, 5) is 41.5. The lowest BCUT2D eigenvalue weighted by atomic mass is 9.95. The summed E-state index contributed by atoms with van der Waals surface area (Å²) >= 11 is 12.4. The molecule has 2 heterocycles. The van der Waals surface area contributed by atoms with Gasteiger partial charge in [0.05, 0.1) is 23.9 Å². The summed E-state index contributed by atoms with van der Waals surface area (Å²) in [6, 6.07) is 9.76. The van der Waals surface area contributed by atoms with E-state index < -0.39 is 6.04 Å². The van der Waals surface area contributed by atoms with E-state index in [0.29, 0.717) is 33.4 Å². The molecule has 0 aliphatic carbocycles. The van der Waals surface area contributed by atoms with Crippen LogP contribution >= 0.6 is 23.2 Å².